The van der Waals surface area contributed by atoms with Crippen LogP contribution in [0.5, 0.6) is 0 Å². The van der Waals surface area contributed by atoms with E-state index in [2.05, 4.69) is 26.9 Å². The molecule has 3 amide bonds. The standard InChI is InChI=1S/C37H37Cl2N5O3.2H2/c38-29-13-9-25(10-14-29)21-33(42-36(46)32-22-27-5-1-2-6-28(27)24-40-32)37(47)44-19-17-43(18-20-44)34-8-4-3-7-31(34)35(45)41-23-26-11-15-30(39)16-12-26;;/h1-16,32-33,40H,17-24H2,(H,41,45)(H,42,46);2*1H/t32-,33+;;/m0../s1. The van der Waals surface area contributed by atoms with E-state index in [0.717, 1.165) is 22.4 Å². The van der Waals surface area contributed by atoms with Crippen molar-refractivity contribution in [1.82, 2.24) is 20.9 Å². The monoisotopic (exact) mass is 673 g/mol. The normalized spacial score (nSPS) is 16.6. The van der Waals surface area contributed by atoms with Gasteiger partial charge >= 0.3 is 0 Å². The molecule has 0 saturated carbocycles. The number of carbonyl (C=O) groups excluding carboxylic acids is 3. The molecule has 0 aromatic heterocycles. The van der Waals surface area contributed by atoms with Crippen LogP contribution in [-0.2, 0) is 35.5 Å². The Bertz CT molecular complexity index is 1740. The highest BCUT2D eigenvalue weighted by atomic mass is 35.5. The quantitative estimate of drug-likeness (QED) is 0.218. The van der Waals surface area contributed by atoms with Crippen LogP contribution in [0.25, 0.3) is 0 Å². The maximum absolute atomic E-state index is 14.0. The summed E-state index contributed by atoms with van der Waals surface area (Å²) in [5.41, 5.74) is 5.59. The molecular formula is C37H41Cl2N5O3. The van der Waals surface area contributed by atoms with Crippen LogP contribution in [-0.4, -0.2) is 60.9 Å². The number of nitrogens with one attached hydrogen (secondary N) is 3. The minimum absolute atomic E-state index is 0. The van der Waals surface area contributed by atoms with Crippen LogP contribution in [0.2, 0.25) is 10.0 Å². The Morgan fingerprint density at radius 1 is 0.787 bits per heavy atom. The lowest BCUT2D eigenvalue weighted by atomic mass is 9.95. The van der Waals surface area contributed by atoms with Gasteiger partial charge in [0, 0.05) is 64.3 Å². The number of halogens is 2. The zero-order valence-corrected chi connectivity index (χ0v) is 27.4. The van der Waals surface area contributed by atoms with Crippen molar-refractivity contribution in [3.63, 3.8) is 0 Å². The van der Waals surface area contributed by atoms with Gasteiger partial charge in [0.1, 0.15) is 6.04 Å². The van der Waals surface area contributed by atoms with E-state index in [-0.39, 0.29) is 20.6 Å². The summed E-state index contributed by atoms with van der Waals surface area (Å²) in [4.78, 5) is 44.7. The molecule has 0 aliphatic carbocycles. The minimum atomic E-state index is -0.736. The number of fused-ring (bicyclic) bond motifs is 1. The average molecular weight is 675 g/mol. The average Bonchev–Trinajstić information content (AvgIpc) is 3.11. The van der Waals surface area contributed by atoms with E-state index in [1.165, 1.54) is 5.56 Å². The highest BCUT2D eigenvalue weighted by Crippen LogP contribution is 2.23. The van der Waals surface area contributed by atoms with Crippen LogP contribution in [0.1, 0.15) is 35.5 Å². The fourth-order valence-electron chi connectivity index (χ4n) is 6.18. The van der Waals surface area contributed by atoms with Gasteiger partial charge in [-0.05, 0) is 65.1 Å². The first kappa shape index (κ1) is 32.6. The van der Waals surface area contributed by atoms with Gasteiger partial charge in [0.05, 0.1) is 11.6 Å². The van der Waals surface area contributed by atoms with Gasteiger partial charge in [-0.3, -0.25) is 14.4 Å². The second-order valence-corrected chi connectivity index (χ2v) is 12.8. The van der Waals surface area contributed by atoms with E-state index >= 15 is 0 Å². The molecule has 0 spiro atoms. The third-order valence-electron chi connectivity index (χ3n) is 8.81. The maximum Gasteiger partial charge on any atom is 0.253 e. The van der Waals surface area contributed by atoms with Crippen molar-refractivity contribution in [3.05, 3.63) is 135 Å². The van der Waals surface area contributed by atoms with E-state index in [9.17, 15) is 14.4 Å². The Kier molecular flexibility index (Phi) is 10.4. The molecule has 6 rings (SSSR count). The topological polar surface area (TPSA) is 93.8 Å². The van der Waals surface area contributed by atoms with Crippen molar-refractivity contribution in [3.8, 4) is 0 Å². The summed E-state index contributed by atoms with van der Waals surface area (Å²) in [5.74, 6) is -0.485. The molecule has 4 aromatic carbocycles. The van der Waals surface area contributed by atoms with Crippen LogP contribution in [0, 0.1) is 0 Å². The number of anilines is 1. The number of amides is 3. The summed E-state index contributed by atoms with van der Waals surface area (Å²) < 4.78 is 0. The summed E-state index contributed by atoms with van der Waals surface area (Å²) in [6.45, 7) is 3.01. The number of piperazine rings is 1. The van der Waals surface area contributed by atoms with Crippen molar-refractivity contribution in [2.45, 2.75) is 38.0 Å². The van der Waals surface area contributed by atoms with Gasteiger partial charge in [-0.15, -0.1) is 0 Å². The Balaban J connectivity index is 0.00000270. The molecule has 4 aromatic rings. The zero-order chi connectivity index (χ0) is 32.8. The first-order valence-corrected chi connectivity index (χ1v) is 16.6. The highest BCUT2D eigenvalue weighted by Gasteiger charge is 2.32. The lowest BCUT2D eigenvalue weighted by Gasteiger charge is -2.38. The van der Waals surface area contributed by atoms with Gasteiger partial charge in [0.2, 0.25) is 11.8 Å². The Morgan fingerprint density at radius 2 is 1.40 bits per heavy atom. The third-order valence-corrected chi connectivity index (χ3v) is 9.32. The van der Waals surface area contributed by atoms with Gasteiger partial charge in [0.25, 0.3) is 5.91 Å². The van der Waals surface area contributed by atoms with Gasteiger partial charge in [-0.1, -0.05) is 83.9 Å². The van der Waals surface area contributed by atoms with E-state index in [1.807, 2.05) is 71.6 Å². The molecule has 2 heterocycles. The van der Waals surface area contributed by atoms with Crippen molar-refractivity contribution < 1.29 is 17.2 Å². The van der Waals surface area contributed by atoms with Crippen LogP contribution in [0.3, 0.4) is 0 Å². The largest absolute Gasteiger partial charge is 0.367 e. The maximum atomic E-state index is 14.0. The molecular weight excluding hydrogens is 633 g/mol. The highest BCUT2D eigenvalue weighted by molar-refractivity contribution is 6.30. The van der Waals surface area contributed by atoms with Gasteiger partial charge in [-0.25, -0.2) is 0 Å². The SMILES string of the molecule is O=C(NCc1ccc(Cl)cc1)c1ccccc1N1CCN(C(=O)[C@@H](Cc2ccc(Cl)cc2)NC(=O)[C@@H]2Cc3ccccc3CN2)CC1.[HH].[HH]. The molecule has 47 heavy (non-hydrogen) atoms. The summed E-state index contributed by atoms with van der Waals surface area (Å²) in [6, 6.07) is 29.2. The molecule has 0 unspecified atom stereocenters. The van der Waals surface area contributed by atoms with Crippen LogP contribution < -0.4 is 20.9 Å². The second kappa shape index (κ2) is 15.0. The first-order valence-electron chi connectivity index (χ1n) is 15.8. The fraction of sp³-hybridized carbons (Fsp3) is 0.270. The van der Waals surface area contributed by atoms with Crippen molar-refractivity contribution in [2.24, 2.45) is 0 Å². The number of nitrogens with zero attached hydrogens (tertiary/aromatic N) is 2. The molecule has 0 radical (unpaired) electrons. The number of hydrogen-bond acceptors (Lipinski definition) is 5. The summed E-state index contributed by atoms with van der Waals surface area (Å²) in [6.07, 6.45) is 0.914. The van der Waals surface area contributed by atoms with Crippen LogP contribution in [0.15, 0.2) is 97.1 Å². The van der Waals surface area contributed by atoms with Gasteiger partial charge in [0.15, 0.2) is 0 Å². The lowest BCUT2D eigenvalue weighted by molar-refractivity contribution is -0.137. The van der Waals surface area contributed by atoms with Crippen molar-refractivity contribution in [1.29, 1.82) is 0 Å². The Hall–Kier alpha value is -4.37. The smallest absolute Gasteiger partial charge is 0.253 e. The zero-order valence-electron chi connectivity index (χ0n) is 25.9. The Labute approximate surface area is 288 Å². The van der Waals surface area contributed by atoms with E-state index in [0.29, 0.717) is 67.7 Å². The summed E-state index contributed by atoms with van der Waals surface area (Å²) in [5, 5.41) is 10.7. The molecule has 3 N–H and O–H groups in total. The van der Waals surface area contributed by atoms with E-state index in [4.69, 9.17) is 23.2 Å². The molecule has 2 aliphatic heterocycles. The number of para-hydroxylation sites is 1. The number of benzene rings is 4. The molecule has 2 atom stereocenters. The molecule has 2 aliphatic rings. The number of carbonyl (C=O) groups is 3. The minimum Gasteiger partial charge on any atom is -0.367 e. The number of rotatable bonds is 9. The molecule has 0 bridgehead atoms. The number of hydrogen-bond donors (Lipinski definition) is 3. The van der Waals surface area contributed by atoms with Crippen molar-refractivity contribution >= 4 is 46.6 Å². The summed E-state index contributed by atoms with van der Waals surface area (Å²) in [7, 11) is 0. The molecule has 246 valence electrons. The van der Waals surface area contributed by atoms with Crippen LogP contribution >= 0.6 is 23.2 Å². The predicted molar refractivity (Wildman–Crippen MR) is 190 cm³/mol. The van der Waals surface area contributed by atoms with Crippen molar-refractivity contribution in [2.75, 3.05) is 31.1 Å². The third kappa shape index (κ3) is 8.14. The van der Waals surface area contributed by atoms with Gasteiger partial charge in [-0.2, -0.15) is 0 Å². The van der Waals surface area contributed by atoms with Crippen LogP contribution in [0.4, 0.5) is 5.69 Å². The first-order chi connectivity index (χ1) is 22.8. The fourth-order valence-corrected chi connectivity index (χ4v) is 6.43. The summed E-state index contributed by atoms with van der Waals surface area (Å²) >= 11 is 12.1. The van der Waals surface area contributed by atoms with E-state index in [1.54, 1.807) is 24.3 Å². The second-order valence-electron chi connectivity index (χ2n) is 11.9. The van der Waals surface area contributed by atoms with E-state index < -0.39 is 12.1 Å². The molecule has 8 nitrogen and oxygen atoms in total. The Morgan fingerprint density at radius 3 is 2.11 bits per heavy atom. The molecule has 1 fully saturated rings. The molecule has 1 saturated heterocycles. The lowest BCUT2D eigenvalue weighted by Crippen LogP contribution is -2.58. The molecule has 10 heteroatoms. The van der Waals surface area contributed by atoms with Gasteiger partial charge < -0.3 is 25.8 Å². The predicted octanol–water partition coefficient (Wildman–Crippen LogP) is 5.51.